The molecule has 0 aliphatic carbocycles. The third-order valence-corrected chi connectivity index (χ3v) is 5.82. The molecule has 0 saturated carbocycles. The quantitative estimate of drug-likeness (QED) is 0.288. The average Bonchev–Trinajstić information content (AvgIpc) is 3.44. The molecule has 3 heterocycles. The summed E-state index contributed by atoms with van der Waals surface area (Å²) in [5.74, 6) is 0.388. The summed E-state index contributed by atoms with van der Waals surface area (Å²) in [5, 5.41) is 3.84. The number of anilines is 1. The van der Waals surface area contributed by atoms with Crippen LogP contribution in [0.3, 0.4) is 0 Å². The summed E-state index contributed by atoms with van der Waals surface area (Å²) < 4.78 is 11.4. The van der Waals surface area contributed by atoms with Crippen molar-refractivity contribution >= 4 is 57.6 Å². The fourth-order valence-corrected chi connectivity index (χ4v) is 3.69. The van der Waals surface area contributed by atoms with Crippen molar-refractivity contribution in [3.05, 3.63) is 87.7 Å². The van der Waals surface area contributed by atoms with E-state index in [0.29, 0.717) is 54.8 Å². The van der Waals surface area contributed by atoms with Crippen LogP contribution in [-0.2, 0) is 0 Å². The number of oxazole rings is 1. The normalized spacial score (nSPS) is 11.1. The smallest absolute Gasteiger partial charge is 0.291 e. The van der Waals surface area contributed by atoms with Crippen molar-refractivity contribution in [3.8, 4) is 22.8 Å². The molecule has 9 heteroatoms. The van der Waals surface area contributed by atoms with Crippen LogP contribution in [0.1, 0.15) is 10.6 Å². The molecule has 2 aromatic carbocycles. The molecule has 1 amide bonds. The maximum absolute atomic E-state index is 12.8. The fraction of sp³-hybridized carbons (Fsp3) is 0. The zero-order valence-electron chi connectivity index (χ0n) is 16.1. The Morgan fingerprint density at radius 2 is 1.78 bits per heavy atom. The first-order chi connectivity index (χ1) is 15.5. The highest BCUT2D eigenvalue weighted by molar-refractivity contribution is 6.43. The zero-order valence-corrected chi connectivity index (χ0v) is 18.4. The number of carbonyl (C=O) groups excluding carboxylic acids is 1. The number of carbonyl (C=O) groups is 1. The lowest BCUT2D eigenvalue weighted by Crippen LogP contribution is -2.11. The van der Waals surface area contributed by atoms with Gasteiger partial charge < -0.3 is 14.2 Å². The van der Waals surface area contributed by atoms with E-state index >= 15 is 0 Å². The zero-order chi connectivity index (χ0) is 22.2. The molecule has 6 nitrogen and oxygen atoms in total. The Bertz CT molecular complexity index is 1440. The molecule has 0 spiro atoms. The number of benzene rings is 2. The number of amides is 1. The fourth-order valence-electron chi connectivity index (χ4n) is 3.13. The maximum atomic E-state index is 12.8. The van der Waals surface area contributed by atoms with Crippen molar-refractivity contribution in [3.63, 3.8) is 0 Å². The lowest BCUT2D eigenvalue weighted by Gasteiger charge is -2.07. The number of hydrogen-bond donors (Lipinski definition) is 1. The number of nitrogens with zero attached hydrogens (tertiary/aromatic N) is 2. The first-order valence-electron chi connectivity index (χ1n) is 9.36. The third kappa shape index (κ3) is 3.84. The Balaban J connectivity index is 1.42. The second-order valence-electron chi connectivity index (χ2n) is 6.76. The minimum absolute atomic E-state index is 0.0866. The number of halogens is 3. The maximum Gasteiger partial charge on any atom is 0.291 e. The lowest BCUT2D eigenvalue weighted by molar-refractivity contribution is 0.0997. The molecule has 5 rings (SSSR count). The van der Waals surface area contributed by atoms with E-state index in [-0.39, 0.29) is 5.76 Å². The molecule has 5 aromatic rings. The Kier molecular flexibility index (Phi) is 5.35. The van der Waals surface area contributed by atoms with Gasteiger partial charge in [-0.1, -0.05) is 40.9 Å². The molecular formula is C23H12Cl3N3O3. The predicted molar refractivity (Wildman–Crippen MR) is 124 cm³/mol. The molecule has 158 valence electrons. The molecule has 0 saturated heterocycles. The van der Waals surface area contributed by atoms with Crippen molar-refractivity contribution < 1.29 is 13.6 Å². The molecule has 1 N–H and O–H groups in total. The summed E-state index contributed by atoms with van der Waals surface area (Å²) in [5.41, 5.74) is 2.65. The van der Waals surface area contributed by atoms with E-state index < -0.39 is 5.91 Å². The van der Waals surface area contributed by atoms with Crippen molar-refractivity contribution in [2.45, 2.75) is 0 Å². The van der Waals surface area contributed by atoms with Gasteiger partial charge >= 0.3 is 0 Å². The number of pyridine rings is 1. The second-order valence-corrected chi connectivity index (χ2v) is 7.95. The Morgan fingerprint density at radius 1 is 0.906 bits per heavy atom. The van der Waals surface area contributed by atoms with E-state index in [1.807, 2.05) is 0 Å². The standard InChI is InChI=1S/C23H12Cl3N3O3/c24-14-7-6-12(23-29-21-18(32-23)5-2-10-27-21)11-16(14)28-22(30)19-9-8-17(31-19)13-3-1-4-15(25)20(13)26/h1-11H,(H,28,30). The summed E-state index contributed by atoms with van der Waals surface area (Å²) in [6.07, 6.45) is 1.64. The highest BCUT2D eigenvalue weighted by atomic mass is 35.5. The molecular weight excluding hydrogens is 473 g/mol. The minimum Gasteiger partial charge on any atom is -0.451 e. The summed E-state index contributed by atoms with van der Waals surface area (Å²) in [6, 6.07) is 17.0. The highest BCUT2D eigenvalue weighted by Gasteiger charge is 2.17. The molecule has 0 aliphatic rings. The van der Waals surface area contributed by atoms with E-state index in [1.54, 1.807) is 66.9 Å². The second kappa shape index (κ2) is 8.31. The Hall–Kier alpha value is -3.32. The summed E-state index contributed by atoms with van der Waals surface area (Å²) in [6.45, 7) is 0. The van der Waals surface area contributed by atoms with Gasteiger partial charge in [0.2, 0.25) is 5.89 Å². The van der Waals surface area contributed by atoms with E-state index in [2.05, 4.69) is 15.3 Å². The molecule has 32 heavy (non-hydrogen) atoms. The Labute approximate surface area is 196 Å². The number of hydrogen-bond acceptors (Lipinski definition) is 5. The monoisotopic (exact) mass is 483 g/mol. The first kappa shape index (κ1) is 20.6. The van der Waals surface area contributed by atoms with Gasteiger partial charge in [0, 0.05) is 17.3 Å². The summed E-state index contributed by atoms with van der Waals surface area (Å²) in [4.78, 5) is 21.3. The molecule has 3 aromatic heterocycles. The molecule has 0 unspecified atom stereocenters. The van der Waals surface area contributed by atoms with Crippen molar-refractivity contribution in [2.24, 2.45) is 0 Å². The largest absolute Gasteiger partial charge is 0.451 e. The average molecular weight is 485 g/mol. The molecule has 0 atom stereocenters. The molecule has 0 fully saturated rings. The lowest BCUT2D eigenvalue weighted by atomic mass is 10.2. The summed E-state index contributed by atoms with van der Waals surface area (Å²) in [7, 11) is 0. The van der Waals surface area contributed by atoms with Crippen LogP contribution in [0.4, 0.5) is 5.69 Å². The van der Waals surface area contributed by atoms with Crippen LogP contribution in [0.25, 0.3) is 34.0 Å². The van der Waals surface area contributed by atoms with Gasteiger partial charge in [-0.25, -0.2) is 4.98 Å². The third-order valence-electron chi connectivity index (χ3n) is 4.67. The minimum atomic E-state index is -0.479. The van der Waals surface area contributed by atoms with Gasteiger partial charge in [-0.2, -0.15) is 4.98 Å². The first-order valence-corrected chi connectivity index (χ1v) is 10.5. The molecule has 0 radical (unpaired) electrons. The van der Waals surface area contributed by atoms with Gasteiger partial charge in [0.05, 0.1) is 20.8 Å². The van der Waals surface area contributed by atoms with E-state index in [0.717, 1.165) is 0 Å². The number of rotatable bonds is 4. The van der Waals surface area contributed by atoms with Crippen LogP contribution in [0.2, 0.25) is 15.1 Å². The van der Waals surface area contributed by atoms with Gasteiger partial charge in [-0.05, 0) is 54.6 Å². The van der Waals surface area contributed by atoms with Crippen LogP contribution in [0.15, 0.2) is 75.7 Å². The van der Waals surface area contributed by atoms with Gasteiger partial charge in [0.15, 0.2) is 17.0 Å². The topological polar surface area (TPSA) is 81.2 Å². The summed E-state index contributed by atoms with van der Waals surface area (Å²) >= 11 is 18.6. The van der Waals surface area contributed by atoms with Crippen molar-refractivity contribution in [2.75, 3.05) is 5.32 Å². The predicted octanol–water partition coefficient (Wildman–Crippen LogP) is 7.36. The van der Waals surface area contributed by atoms with Crippen LogP contribution < -0.4 is 5.32 Å². The van der Waals surface area contributed by atoms with Crippen LogP contribution in [0.5, 0.6) is 0 Å². The van der Waals surface area contributed by atoms with Gasteiger partial charge in [0.25, 0.3) is 5.91 Å². The molecule has 0 aliphatic heterocycles. The van der Waals surface area contributed by atoms with E-state index in [9.17, 15) is 4.79 Å². The number of nitrogens with one attached hydrogen (secondary N) is 1. The highest BCUT2D eigenvalue weighted by Crippen LogP contribution is 2.35. The van der Waals surface area contributed by atoms with Crippen LogP contribution in [-0.4, -0.2) is 15.9 Å². The van der Waals surface area contributed by atoms with Crippen molar-refractivity contribution in [1.29, 1.82) is 0 Å². The van der Waals surface area contributed by atoms with Crippen LogP contribution >= 0.6 is 34.8 Å². The number of fused-ring (bicyclic) bond motifs is 1. The SMILES string of the molecule is O=C(Nc1cc(-c2nc3ncccc3o2)ccc1Cl)c1ccc(-c2cccc(Cl)c2Cl)o1. The van der Waals surface area contributed by atoms with Gasteiger partial charge in [-0.15, -0.1) is 0 Å². The van der Waals surface area contributed by atoms with Gasteiger partial charge in [0.1, 0.15) is 5.76 Å². The van der Waals surface area contributed by atoms with E-state index in [1.165, 1.54) is 0 Å². The van der Waals surface area contributed by atoms with Crippen LogP contribution in [0, 0.1) is 0 Å². The number of aromatic nitrogens is 2. The van der Waals surface area contributed by atoms with Gasteiger partial charge in [-0.3, -0.25) is 4.79 Å². The number of furan rings is 1. The van der Waals surface area contributed by atoms with Crippen molar-refractivity contribution in [1.82, 2.24) is 9.97 Å². The molecule has 0 bridgehead atoms. The van der Waals surface area contributed by atoms with E-state index in [4.69, 9.17) is 43.6 Å². The Morgan fingerprint density at radius 3 is 2.62 bits per heavy atom.